The molecule has 1 unspecified atom stereocenters. The first kappa shape index (κ1) is 10.5. The molecule has 11 heavy (non-hydrogen) atoms. The Labute approximate surface area is 72.8 Å². The molecule has 0 amide bonds. The first-order chi connectivity index (χ1) is 4.83. The summed E-state index contributed by atoms with van der Waals surface area (Å²) in [5, 5.41) is 11.2. The molecule has 1 aliphatic heterocycles. The molecule has 1 atom stereocenters. The molecule has 0 saturated heterocycles. The first-order valence-electron chi connectivity index (χ1n) is 3.35. The van der Waals surface area contributed by atoms with Crippen molar-refractivity contribution in [1.29, 1.82) is 0 Å². The minimum atomic E-state index is 0. The molecule has 1 aliphatic rings. The van der Waals surface area contributed by atoms with Gasteiger partial charge in [0.25, 0.3) is 0 Å². The van der Waals surface area contributed by atoms with Crippen LogP contribution in [-0.4, -0.2) is 36.5 Å². The molecule has 0 bridgehead atoms. The highest BCUT2D eigenvalue weighted by molar-refractivity contribution is 5.85. The fourth-order valence-electron chi connectivity index (χ4n) is 1.09. The van der Waals surface area contributed by atoms with Gasteiger partial charge in [0.2, 0.25) is 0 Å². The highest BCUT2D eigenvalue weighted by Gasteiger charge is 2.08. The molecule has 0 aromatic carbocycles. The summed E-state index contributed by atoms with van der Waals surface area (Å²) in [6, 6.07) is 0. The quantitative estimate of drug-likeness (QED) is 0.280. The van der Waals surface area contributed by atoms with E-state index in [1.165, 1.54) is 0 Å². The lowest BCUT2D eigenvalue weighted by atomic mass is 10.1. The second-order valence-corrected chi connectivity index (χ2v) is 2.58. The molecule has 1 heterocycles. The lowest BCUT2D eigenvalue weighted by Crippen LogP contribution is -2.29. The monoisotopic (exact) mass is 176 g/mol. The zero-order valence-corrected chi connectivity index (χ0v) is 7.29. The van der Waals surface area contributed by atoms with Crippen molar-refractivity contribution in [2.75, 3.05) is 20.1 Å². The Morgan fingerprint density at radius 2 is 2.45 bits per heavy atom. The van der Waals surface area contributed by atoms with Crippen molar-refractivity contribution in [1.82, 2.24) is 4.90 Å². The first-order valence-corrected chi connectivity index (χ1v) is 3.35. The van der Waals surface area contributed by atoms with E-state index < -0.39 is 0 Å². The van der Waals surface area contributed by atoms with Gasteiger partial charge in [-0.15, -0.1) is 17.6 Å². The van der Waals surface area contributed by atoms with Crippen LogP contribution in [0.1, 0.15) is 0 Å². The number of hydrogen-bond donors (Lipinski definition) is 1. The molecule has 3 nitrogen and oxygen atoms in total. The third kappa shape index (κ3) is 3.39. The van der Waals surface area contributed by atoms with Gasteiger partial charge in [0.15, 0.2) is 0 Å². The average Bonchev–Trinajstić information content (AvgIpc) is 1.88. The van der Waals surface area contributed by atoms with Gasteiger partial charge in [-0.3, -0.25) is 0 Å². The van der Waals surface area contributed by atoms with Crippen molar-refractivity contribution in [2.45, 2.75) is 0 Å². The van der Waals surface area contributed by atoms with Crippen LogP contribution in [0.3, 0.4) is 0 Å². The fourth-order valence-corrected chi connectivity index (χ4v) is 1.09. The molecule has 1 N–H and O–H groups in total. The lowest BCUT2D eigenvalue weighted by Gasteiger charge is -2.21. The van der Waals surface area contributed by atoms with E-state index in [1.54, 1.807) is 6.21 Å². The van der Waals surface area contributed by atoms with Crippen LogP contribution in [0.4, 0.5) is 0 Å². The second kappa shape index (κ2) is 5.16. The van der Waals surface area contributed by atoms with Gasteiger partial charge in [0.05, 0.1) is 6.21 Å². The van der Waals surface area contributed by atoms with Gasteiger partial charge < -0.3 is 10.1 Å². The summed E-state index contributed by atoms with van der Waals surface area (Å²) < 4.78 is 0. The van der Waals surface area contributed by atoms with E-state index in [2.05, 4.69) is 22.2 Å². The van der Waals surface area contributed by atoms with Crippen molar-refractivity contribution < 1.29 is 5.21 Å². The summed E-state index contributed by atoms with van der Waals surface area (Å²) in [6.45, 7) is 1.94. The number of rotatable bonds is 1. The van der Waals surface area contributed by atoms with Crippen LogP contribution in [0.2, 0.25) is 0 Å². The summed E-state index contributed by atoms with van der Waals surface area (Å²) >= 11 is 0. The van der Waals surface area contributed by atoms with E-state index >= 15 is 0 Å². The normalized spacial score (nSPS) is 25.4. The molecule has 0 aromatic heterocycles. The maximum absolute atomic E-state index is 8.22. The topological polar surface area (TPSA) is 35.8 Å². The third-order valence-corrected chi connectivity index (χ3v) is 1.58. The van der Waals surface area contributed by atoms with E-state index in [1.807, 2.05) is 7.05 Å². The predicted octanol–water partition coefficient (Wildman–Crippen LogP) is 0.986. The van der Waals surface area contributed by atoms with Crippen LogP contribution in [0.15, 0.2) is 17.3 Å². The van der Waals surface area contributed by atoms with Crippen LogP contribution in [0, 0.1) is 5.92 Å². The fraction of sp³-hybridized carbons (Fsp3) is 0.571. The molecule has 4 heteroatoms. The molecule has 0 spiro atoms. The minimum Gasteiger partial charge on any atom is -0.411 e. The Balaban J connectivity index is 0.000001000. The van der Waals surface area contributed by atoms with Crippen molar-refractivity contribution >= 4 is 18.6 Å². The number of nitrogens with zero attached hydrogens (tertiary/aromatic N) is 2. The summed E-state index contributed by atoms with van der Waals surface area (Å²) in [7, 11) is 2.04. The zero-order valence-electron chi connectivity index (χ0n) is 6.47. The van der Waals surface area contributed by atoms with Gasteiger partial charge in [-0.05, 0) is 7.05 Å². The molecule has 0 radical (unpaired) electrons. The van der Waals surface area contributed by atoms with E-state index in [0.29, 0.717) is 0 Å². The second-order valence-electron chi connectivity index (χ2n) is 2.58. The summed E-state index contributed by atoms with van der Waals surface area (Å²) in [5.74, 6) is 0.281. The molecular formula is C7H13ClN2O. The van der Waals surface area contributed by atoms with Gasteiger partial charge in [0, 0.05) is 19.0 Å². The van der Waals surface area contributed by atoms with E-state index in [-0.39, 0.29) is 18.3 Å². The van der Waals surface area contributed by atoms with Crippen LogP contribution in [0.25, 0.3) is 0 Å². The van der Waals surface area contributed by atoms with Crippen LogP contribution < -0.4 is 0 Å². The Morgan fingerprint density at radius 1 is 1.73 bits per heavy atom. The summed E-state index contributed by atoms with van der Waals surface area (Å²) in [6.07, 6.45) is 5.68. The smallest absolute Gasteiger partial charge is 0.0517 e. The maximum atomic E-state index is 8.22. The maximum Gasteiger partial charge on any atom is 0.0517 e. The van der Waals surface area contributed by atoms with Gasteiger partial charge in [0.1, 0.15) is 0 Å². The molecule has 0 saturated carbocycles. The molecule has 0 aliphatic carbocycles. The van der Waals surface area contributed by atoms with Crippen molar-refractivity contribution in [3.05, 3.63) is 12.2 Å². The third-order valence-electron chi connectivity index (χ3n) is 1.58. The molecular weight excluding hydrogens is 164 g/mol. The molecule has 0 aromatic rings. The number of hydrogen-bond acceptors (Lipinski definition) is 3. The highest BCUT2D eigenvalue weighted by atomic mass is 35.5. The standard InChI is InChI=1S/C7H12N2O.ClH/c1-9-4-2-3-7(6-9)5-8-10;/h2-3,5,7,10H,4,6H2,1H3;1H/b8-5+;. The number of likely N-dealkylation sites (N-methyl/N-ethyl adjacent to an activating group) is 1. The van der Waals surface area contributed by atoms with Crippen molar-refractivity contribution in [3.63, 3.8) is 0 Å². The average molecular weight is 177 g/mol. The highest BCUT2D eigenvalue weighted by Crippen LogP contribution is 2.04. The van der Waals surface area contributed by atoms with Crippen LogP contribution >= 0.6 is 12.4 Å². The Bertz CT molecular complexity index is 159. The largest absolute Gasteiger partial charge is 0.411 e. The Morgan fingerprint density at radius 3 is 3.00 bits per heavy atom. The molecule has 0 fully saturated rings. The van der Waals surface area contributed by atoms with Crippen LogP contribution in [0.5, 0.6) is 0 Å². The number of halogens is 1. The summed E-state index contributed by atoms with van der Waals surface area (Å²) in [4.78, 5) is 2.17. The Kier molecular flexibility index (Phi) is 4.90. The number of oxime groups is 1. The van der Waals surface area contributed by atoms with Crippen molar-refractivity contribution in [3.8, 4) is 0 Å². The Hall–Kier alpha value is -0.540. The van der Waals surface area contributed by atoms with E-state index in [9.17, 15) is 0 Å². The molecule has 64 valence electrons. The summed E-state index contributed by atoms with van der Waals surface area (Å²) in [5.41, 5.74) is 0. The SMILES string of the molecule is CN1CC=CC(/C=N/O)C1.Cl. The van der Waals surface area contributed by atoms with E-state index in [4.69, 9.17) is 5.21 Å². The zero-order chi connectivity index (χ0) is 7.40. The van der Waals surface area contributed by atoms with Gasteiger partial charge in [-0.2, -0.15) is 0 Å². The van der Waals surface area contributed by atoms with Crippen molar-refractivity contribution in [2.24, 2.45) is 11.1 Å². The molecule has 1 rings (SSSR count). The lowest BCUT2D eigenvalue weighted by molar-refractivity contribution is 0.310. The minimum absolute atomic E-state index is 0. The van der Waals surface area contributed by atoms with Gasteiger partial charge in [-0.1, -0.05) is 12.2 Å². The van der Waals surface area contributed by atoms with Gasteiger partial charge in [-0.25, -0.2) is 0 Å². The van der Waals surface area contributed by atoms with E-state index in [0.717, 1.165) is 13.1 Å². The van der Waals surface area contributed by atoms with Gasteiger partial charge >= 0.3 is 0 Å². The predicted molar refractivity (Wildman–Crippen MR) is 47.7 cm³/mol. The van der Waals surface area contributed by atoms with Crippen LogP contribution in [-0.2, 0) is 0 Å².